The zero-order valence-corrected chi connectivity index (χ0v) is 40.7. The molecule has 0 N–H and O–H groups in total. The molecule has 8 rings (SSSR count). The Morgan fingerprint density at radius 2 is 0.820 bits per heavy atom. The minimum Gasteiger partial charge on any atom is -0.0651 e. The van der Waals surface area contributed by atoms with Crippen molar-refractivity contribution in [2.75, 3.05) is 0 Å². The van der Waals surface area contributed by atoms with E-state index in [9.17, 15) is 0 Å². The van der Waals surface area contributed by atoms with E-state index in [2.05, 4.69) is 6.92 Å². The van der Waals surface area contributed by atoms with Crippen molar-refractivity contribution < 1.29 is 64.4 Å². The summed E-state index contributed by atoms with van der Waals surface area (Å²) in [5.41, 5.74) is 0. The molecule has 0 aromatic rings. The highest BCUT2D eigenvalue weighted by Crippen LogP contribution is 2.36. The van der Waals surface area contributed by atoms with Crippen molar-refractivity contribution in [2.45, 2.75) is 314 Å². The van der Waals surface area contributed by atoms with Crippen molar-refractivity contribution in [1.29, 1.82) is 0 Å². The van der Waals surface area contributed by atoms with Crippen LogP contribution in [0.25, 0.3) is 0 Å². The third kappa shape index (κ3) is 32.3. The normalized spacial score (nSPS) is 67.5. The second-order valence-electron chi connectivity index (χ2n) is 16.9. The molecule has 0 spiro atoms. The smallest absolute Gasteiger partial charge is 0.0305 e. The Balaban J connectivity index is 0.000000641. The van der Waals surface area contributed by atoms with Gasteiger partial charge in [-0.05, 0) is 102 Å². The molecule has 0 heteroatoms. The molecule has 8 atom stereocenters. The summed E-state index contributed by atoms with van der Waals surface area (Å²) in [6, 6.07) is 0. The summed E-state index contributed by atoms with van der Waals surface area (Å²) in [5.74, 6) is -24.8. The highest BCUT2D eigenvalue weighted by atomic mass is 14.3. The number of rotatable bonds is 4. The van der Waals surface area contributed by atoms with Gasteiger partial charge in [-0.3, -0.25) is 0 Å². The second kappa shape index (κ2) is 38.1. The van der Waals surface area contributed by atoms with Crippen LogP contribution in [0, 0.1) is 76.6 Å². The number of hydrogen-bond donors (Lipinski definition) is 0. The lowest BCUT2D eigenvalue weighted by Gasteiger charge is -2.32. The molecule has 8 unspecified atom stereocenters. The van der Waals surface area contributed by atoms with E-state index in [-0.39, 0.29) is 23.6 Å². The minimum atomic E-state index is -3.81. The van der Waals surface area contributed by atoms with Crippen LogP contribution in [-0.4, -0.2) is 0 Å². The van der Waals surface area contributed by atoms with E-state index in [0.29, 0.717) is 13.8 Å². The van der Waals surface area contributed by atoms with Crippen LogP contribution in [-0.2, 0) is 0 Å². The van der Waals surface area contributed by atoms with Crippen molar-refractivity contribution in [3.8, 4) is 0 Å². The predicted octanol–water partition coefficient (Wildman–Crippen LogP) is 21.9. The summed E-state index contributed by atoms with van der Waals surface area (Å²) < 4.78 is 366. The van der Waals surface area contributed by atoms with Crippen molar-refractivity contribution in [2.24, 2.45) is 76.6 Å². The summed E-state index contributed by atoms with van der Waals surface area (Å²) in [6.45, 7) is 16.2. The van der Waals surface area contributed by atoms with Gasteiger partial charge in [-0.25, -0.2) is 0 Å². The minimum absolute atomic E-state index is 0.0278. The van der Waals surface area contributed by atoms with Gasteiger partial charge in [0.2, 0.25) is 0 Å². The van der Waals surface area contributed by atoms with Crippen LogP contribution in [0.3, 0.4) is 0 Å². The molecular weight excluding hydrogens is 733 g/mol. The molecule has 0 saturated heterocycles. The Morgan fingerprint density at radius 1 is 0.410 bits per heavy atom. The maximum Gasteiger partial charge on any atom is 0.0305 e. The lowest BCUT2D eigenvalue weighted by molar-refractivity contribution is 0.190. The lowest BCUT2D eigenvalue weighted by Crippen LogP contribution is -2.21. The van der Waals surface area contributed by atoms with Crippen LogP contribution in [0.5, 0.6) is 0 Å². The molecule has 0 bridgehead atoms. The van der Waals surface area contributed by atoms with E-state index in [1.54, 1.807) is 0 Å². The quantitative estimate of drug-likeness (QED) is 0.247. The van der Waals surface area contributed by atoms with Crippen LogP contribution in [0.4, 0.5) is 0 Å². The molecule has 8 fully saturated rings. The standard InChI is InChI=1S/C10H20.2C9H18.C8H16.2C7H14.C6H12.C5H10/c1-3-10-6-4-5-9(2)7-8-10;1-7(2)9-5-4-8(3)6-9;1-3-9-6-4-5-8(2)7-9;1-8-6-4-2-3-5-7-8;1-7-5-3-2-4-6-7;1-3-7-5-4-6(7)2;1-6-4-2-3-5-6;1-5-3-2-4-5/h9-10H,3-8H2,1-2H3;7-9H,4-6H2,1-3H3;8-9H,3-7H2,1-2H3;8H,2-7H2,1H3;7H,2-6H2,1H3;6-7H,3-5H2,1-2H3;6H,2-5H2,1H3;5H,2-4H2,1H3/i3D2,4D2,5D2,6D2,7D2,8D2,9D,10D;4D2,5D2,6D2,7D,8D,9D;3D2,4D2,5D2,6D2,7D2,8D,9D;8D;7D;3D2,4D2,5D2,6D,7D;6D;5D. The van der Waals surface area contributed by atoms with Gasteiger partial charge in [0.1, 0.15) is 0 Å². The first-order valence-corrected chi connectivity index (χ1v) is 22.8. The molecule has 8 aliphatic carbocycles. The number of hydrogen-bond acceptors (Lipinski definition) is 0. The van der Waals surface area contributed by atoms with Crippen molar-refractivity contribution in [3.05, 3.63) is 0 Å². The first-order valence-electron chi connectivity index (χ1n) is 46.3. The molecule has 0 heterocycles. The fourth-order valence-electron chi connectivity index (χ4n) is 6.25. The fourth-order valence-corrected chi connectivity index (χ4v) is 6.25. The molecule has 366 valence electrons. The Hall–Kier alpha value is 0. The summed E-state index contributed by atoms with van der Waals surface area (Å²) in [4.78, 5) is 0. The van der Waals surface area contributed by atoms with Crippen LogP contribution >= 0.6 is 0 Å². The molecule has 0 radical (unpaired) electrons. The molecule has 0 aromatic carbocycles. The van der Waals surface area contributed by atoms with Crippen molar-refractivity contribution in [1.82, 2.24) is 0 Å². The summed E-state index contributed by atoms with van der Waals surface area (Å²) in [6.07, 6.45) is -32.1. The van der Waals surface area contributed by atoms with Gasteiger partial charge in [-0.1, -0.05) is 288 Å². The Bertz CT molecular complexity index is 2850. The van der Waals surface area contributed by atoms with Crippen molar-refractivity contribution >= 4 is 0 Å². The third-order valence-electron chi connectivity index (χ3n) is 10.6. The molecule has 0 aliphatic heterocycles. The maximum absolute atomic E-state index is 8.23. The second-order valence-corrected chi connectivity index (χ2v) is 16.9. The van der Waals surface area contributed by atoms with Gasteiger partial charge >= 0.3 is 0 Å². The largest absolute Gasteiger partial charge is 0.0651 e. The molecule has 8 aliphatic rings. The van der Waals surface area contributed by atoms with E-state index in [1.807, 2.05) is 20.8 Å². The molecule has 0 amide bonds. The first kappa shape index (κ1) is 18.8. The Labute approximate surface area is 456 Å². The van der Waals surface area contributed by atoms with Gasteiger partial charge < -0.3 is 0 Å². The Morgan fingerprint density at radius 3 is 1.18 bits per heavy atom. The topological polar surface area (TPSA) is 0 Å². The van der Waals surface area contributed by atoms with Crippen LogP contribution in [0.2, 0.25) is 0 Å². The Kier molecular flexibility index (Phi) is 11.8. The lowest BCUT2D eigenvalue weighted by atomic mass is 9.74. The SMILES string of the molecule is [2H]C(C)(C)C1([2H])C([2H])([2H])C([2H])([2H])C([2H])(C)C1([2H])[2H].[2H]C([2H])(C)C1([2H])C([2H])([2H])C([2H])([2H])C([2H])([2H])C([2H])(C)C([2H])([2H])C1([2H])[2H].[2H]C([2H])(C)C1([2H])C([2H])([2H])C([2H])([2H])C([2H])([2H])C([2H])(C)C1([2H])[2H].[2H]C([2H])(C)C1([2H])C([2H])([2H])C([2H])([2H])C1([2H])C.[2H]C1(C)CCC1.[2H]C1(C)CCCC1.[2H]C1(C)CCCCC1.[2H]C1(C)CCCCCC1. The monoisotopic (exact) mass is 902 g/mol. The van der Waals surface area contributed by atoms with Gasteiger partial charge in [0.05, 0.1) is 0 Å². The molecule has 61 heavy (non-hydrogen) atoms. The third-order valence-corrected chi connectivity index (χ3v) is 10.6. The van der Waals surface area contributed by atoms with Crippen LogP contribution in [0.15, 0.2) is 0 Å². The van der Waals surface area contributed by atoms with Gasteiger partial charge in [0.25, 0.3) is 0 Å². The molecular formula is C61H122. The average Bonchev–Trinajstić information content (AvgIpc) is 1.05. The maximum atomic E-state index is 8.23. The van der Waals surface area contributed by atoms with Crippen LogP contribution < -0.4 is 0 Å². The van der Waals surface area contributed by atoms with Crippen LogP contribution in [0.1, 0.15) is 378 Å². The molecule has 8 saturated carbocycles. The van der Waals surface area contributed by atoms with Gasteiger partial charge in [-0.2, -0.15) is 0 Å². The predicted molar refractivity (Wildman–Crippen MR) is 281 cm³/mol. The highest BCUT2D eigenvalue weighted by Gasteiger charge is 2.24. The van der Waals surface area contributed by atoms with Gasteiger partial charge in [0.15, 0.2) is 0 Å². The van der Waals surface area contributed by atoms with Gasteiger partial charge in [-0.15, -0.1) is 0 Å². The summed E-state index contributed by atoms with van der Waals surface area (Å²) in [7, 11) is 0. The summed E-state index contributed by atoms with van der Waals surface area (Å²) in [5, 5.41) is 0. The average molecular weight is 903 g/mol. The zero-order valence-electron chi connectivity index (χ0n) is 87.7. The molecule has 0 nitrogen and oxygen atoms in total. The highest BCUT2D eigenvalue weighted by molar-refractivity contribution is 4.76. The fraction of sp³-hybridized carbons (Fsp3) is 1.00. The first-order chi connectivity index (χ1) is 46.3. The van der Waals surface area contributed by atoms with E-state index in [1.165, 1.54) is 78.1 Å². The van der Waals surface area contributed by atoms with E-state index in [0.717, 1.165) is 86.0 Å². The zero-order chi connectivity index (χ0) is 87.7. The van der Waals surface area contributed by atoms with E-state index in [4.69, 9.17) is 64.4 Å². The summed E-state index contributed by atoms with van der Waals surface area (Å²) >= 11 is 0. The van der Waals surface area contributed by atoms with E-state index < -0.39 is 161 Å². The van der Waals surface area contributed by atoms with E-state index >= 15 is 0 Å². The van der Waals surface area contributed by atoms with Crippen molar-refractivity contribution in [3.63, 3.8) is 0 Å². The molecule has 0 aromatic heterocycles. The van der Waals surface area contributed by atoms with Gasteiger partial charge in [0, 0.05) is 64.4 Å².